The number of carboxylic acid groups (broad SMARTS) is 1. The highest BCUT2D eigenvalue weighted by Crippen LogP contribution is 2.33. The molecule has 0 atom stereocenters. The third kappa shape index (κ3) is 4.46. The van der Waals surface area contributed by atoms with Crippen molar-refractivity contribution in [1.29, 1.82) is 0 Å². The van der Waals surface area contributed by atoms with Crippen LogP contribution < -0.4 is 10.6 Å². The molecule has 0 aromatic heterocycles. The van der Waals surface area contributed by atoms with Crippen molar-refractivity contribution in [3.8, 4) is 11.1 Å². The largest absolute Gasteiger partial charge is 0.478 e. The van der Waals surface area contributed by atoms with Gasteiger partial charge in [0, 0.05) is 12.2 Å². The zero-order valence-electron chi connectivity index (χ0n) is 15.8. The minimum Gasteiger partial charge on any atom is -0.478 e. The molecule has 6 nitrogen and oxygen atoms in total. The first-order valence-electron chi connectivity index (χ1n) is 8.94. The highest BCUT2D eigenvalue weighted by Gasteiger charge is 2.21. The Balaban J connectivity index is 1.94. The van der Waals surface area contributed by atoms with Gasteiger partial charge in [0.2, 0.25) is 0 Å². The lowest BCUT2D eigenvalue weighted by Crippen LogP contribution is -2.29. The topological polar surface area (TPSA) is 87.7 Å². The molecule has 1 heterocycles. The molecular weight excluding hydrogens is 344 g/mol. The van der Waals surface area contributed by atoms with Gasteiger partial charge in [0.05, 0.1) is 5.56 Å². The van der Waals surface area contributed by atoms with E-state index < -0.39 is 17.7 Å². The second kappa shape index (κ2) is 7.40. The third-order valence-electron chi connectivity index (χ3n) is 4.36. The number of amides is 1. The molecule has 142 valence electrons. The van der Waals surface area contributed by atoms with Crippen LogP contribution in [0.2, 0.25) is 0 Å². The van der Waals surface area contributed by atoms with Crippen LogP contribution in [-0.4, -0.2) is 29.3 Å². The summed E-state index contributed by atoms with van der Waals surface area (Å²) >= 11 is 0. The van der Waals surface area contributed by atoms with E-state index in [0.29, 0.717) is 6.54 Å². The summed E-state index contributed by atoms with van der Waals surface area (Å²) in [6.07, 6.45) is 0.323. The van der Waals surface area contributed by atoms with E-state index in [9.17, 15) is 9.59 Å². The molecule has 0 spiro atoms. The summed E-state index contributed by atoms with van der Waals surface area (Å²) in [6, 6.07) is 10.7. The lowest BCUT2D eigenvalue weighted by Gasteiger charge is -2.25. The fraction of sp³-hybridized carbons (Fsp3) is 0.333. The monoisotopic (exact) mass is 368 g/mol. The summed E-state index contributed by atoms with van der Waals surface area (Å²) in [5.74, 6) is -0.942. The molecule has 0 fully saturated rings. The first kappa shape index (κ1) is 18.9. The molecule has 3 rings (SSSR count). The lowest BCUT2D eigenvalue weighted by molar-refractivity contribution is 0.0634. The van der Waals surface area contributed by atoms with Gasteiger partial charge < -0.3 is 15.2 Å². The van der Waals surface area contributed by atoms with Gasteiger partial charge in [0.25, 0.3) is 0 Å². The van der Waals surface area contributed by atoms with E-state index in [2.05, 4.69) is 10.6 Å². The predicted octanol–water partition coefficient (Wildman–Crippen LogP) is 4.04. The van der Waals surface area contributed by atoms with Crippen molar-refractivity contribution in [2.24, 2.45) is 0 Å². The Bertz CT molecular complexity index is 867. The smallest absolute Gasteiger partial charge is 0.412 e. The van der Waals surface area contributed by atoms with Crippen molar-refractivity contribution in [3.05, 3.63) is 53.1 Å². The molecule has 0 unspecified atom stereocenters. The molecule has 1 amide bonds. The van der Waals surface area contributed by atoms with Gasteiger partial charge in [-0.3, -0.25) is 5.32 Å². The van der Waals surface area contributed by atoms with Crippen molar-refractivity contribution in [2.45, 2.75) is 39.3 Å². The molecular formula is C21H24N2O4. The summed E-state index contributed by atoms with van der Waals surface area (Å²) in [5.41, 5.74) is 4.63. The Morgan fingerprint density at radius 1 is 1.07 bits per heavy atom. The third-order valence-corrected chi connectivity index (χ3v) is 4.36. The molecule has 6 heteroatoms. The van der Waals surface area contributed by atoms with Crippen molar-refractivity contribution in [2.75, 3.05) is 11.9 Å². The fourth-order valence-electron chi connectivity index (χ4n) is 3.20. The zero-order chi connectivity index (χ0) is 19.6. The number of fused-ring (bicyclic) bond motifs is 1. The number of nitrogens with one attached hydrogen (secondary N) is 2. The number of carbonyl (C=O) groups is 2. The van der Waals surface area contributed by atoms with E-state index in [1.807, 2.05) is 45.0 Å². The second-order valence-electron chi connectivity index (χ2n) is 7.55. The highest BCUT2D eigenvalue weighted by molar-refractivity contribution is 5.89. The quantitative estimate of drug-likeness (QED) is 0.761. The minimum atomic E-state index is -0.942. The van der Waals surface area contributed by atoms with Gasteiger partial charge in [0.1, 0.15) is 5.60 Å². The van der Waals surface area contributed by atoms with Gasteiger partial charge in [0.15, 0.2) is 0 Å². The van der Waals surface area contributed by atoms with Gasteiger partial charge in [-0.25, -0.2) is 9.59 Å². The summed E-state index contributed by atoms with van der Waals surface area (Å²) in [5, 5.41) is 15.3. The number of anilines is 1. The van der Waals surface area contributed by atoms with Crippen LogP contribution >= 0.6 is 0 Å². The van der Waals surface area contributed by atoms with Crippen LogP contribution in [0.5, 0.6) is 0 Å². The van der Waals surface area contributed by atoms with Crippen LogP contribution in [0.25, 0.3) is 11.1 Å². The number of aromatic carboxylic acids is 1. The number of hydrogen-bond donors (Lipinski definition) is 3. The average Bonchev–Trinajstić information content (AvgIpc) is 2.60. The number of carboxylic acids is 1. The van der Waals surface area contributed by atoms with Crippen LogP contribution in [0.4, 0.5) is 10.5 Å². The van der Waals surface area contributed by atoms with Gasteiger partial charge in [-0.1, -0.05) is 18.2 Å². The summed E-state index contributed by atoms with van der Waals surface area (Å²) in [7, 11) is 0. The predicted molar refractivity (Wildman–Crippen MR) is 104 cm³/mol. The molecule has 3 N–H and O–H groups in total. The van der Waals surface area contributed by atoms with Gasteiger partial charge in [-0.15, -0.1) is 0 Å². The number of benzene rings is 2. The summed E-state index contributed by atoms with van der Waals surface area (Å²) in [4.78, 5) is 23.2. The Kier molecular flexibility index (Phi) is 5.19. The van der Waals surface area contributed by atoms with Crippen molar-refractivity contribution < 1.29 is 19.4 Å². The number of ether oxygens (including phenoxy) is 1. The first-order valence-corrected chi connectivity index (χ1v) is 8.94. The molecule has 0 saturated carbocycles. The molecule has 27 heavy (non-hydrogen) atoms. The second-order valence-corrected chi connectivity index (χ2v) is 7.55. The van der Waals surface area contributed by atoms with Crippen LogP contribution in [0.15, 0.2) is 36.4 Å². The maximum Gasteiger partial charge on any atom is 0.412 e. The lowest BCUT2D eigenvalue weighted by atomic mass is 9.90. The van der Waals surface area contributed by atoms with E-state index in [1.165, 1.54) is 0 Å². The normalized spacial score (nSPS) is 13.6. The molecule has 0 aliphatic carbocycles. The average molecular weight is 368 g/mol. The Labute approximate surface area is 158 Å². The van der Waals surface area contributed by atoms with Crippen LogP contribution in [0.3, 0.4) is 0 Å². The van der Waals surface area contributed by atoms with Gasteiger partial charge in [-0.05, 0) is 74.2 Å². The highest BCUT2D eigenvalue weighted by atomic mass is 16.6. The van der Waals surface area contributed by atoms with Crippen molar-refractivity contribution in [3.63, 3.8) is 0 Å². The molecule has 1 aliphatic heterocycles. The first-order chi connectivity index (χ1) is 12.7. The van der Waals surface area contributed by atoms with Crippen molar-refractivity contribution in [1.82, 2.24) is 5.32 Å². The van der Waals surface area contributed by atoms with Crippen LogP contribution in [-0.2, 0) is 17.7 Å². The van der Waals surface area contributed by atoms with E-state index >= 15 is 0 Å². The molecule has 2 aromatic rings. The van der Waals surface area contributed by atoms with E-state index in [0.717, 1.165) is 40.9 Å². The number of carbonyl (C=O) groups excluding carboxylic acids is 1. The summed E-state index contributed by atoms with van der Waals surface area (Å²) in [6.45, 7) is 7.01. The van der Waals surface area contributed by atoms with Crippen molar-refractivity contribution >= 4 is 17.7 Å². The fourth-order valence-corrected chi connectivity index (χ4v) is 3.20. The standard InChI is InChI=1S/C21H24N2O4/c1-21(2,3)27-20(26)23-18-9-8-15(17-12-22-11-10-16(17)18)13-4-6-14(7-5-13)19(24)25/h4-9,22H,10-12H2,1-3H3,(H,23,26)(H,24,25). The minimum absolute atomic E-state index is 0.258. The SMILES string of the molecule is CC(C)(C)OC(=O)Nc1ccc(-c2ccc(C(=O)O)cc2)c2c1CCNC2. The van der Waals surface area contributed by atoms with E-state index in [4.69, 9.17) is 9.84 Å². The molecule has 0 radical (unpaired) electrons. The maximum absolute atomic E-state index is 12.2. The van der Waals surface area contributed by atoms with Crippen LogP contribution in [0.1, 0.15) is 42.3 Å². The molecule has 2 aromatic carbocycles. The maximum atomic E-state index is 12.2. The van der Waals surface area contributed by atoms with E-state index in [-0.39, 0.29) is 5.56 Å². The molecule has 0 saturated heterocycles. The van der Waals surface area contributed by atoms with E-state index in [1.54, 1.807) is 12.1 Å². The summed E-state index contributed by atoms with van der Waals surface area (Å²) < 4.78 is 5.36. The van der Waals surface area contributed by atoms with Gasteiger partial charge in [-0.2, -0.15) is 0 Å². The van der Waals surface area contributed by atoms with Gasteiger partial charge >= 0.3 is 12.1 Å². The number of hydrogen-bond acceptors (Lipinski definition) is 4. The molecule has 0 bridgehead atoms. The number of rotatable bonds is 3. The Morgan fingerprint density at radius 3 is 2.41 bits per heavy atom. The zero-order valence-corrected chi connectivity index (χ0v) is 15.8. The van der Waals surface area contributed by atoms with Crippen LogP contribution in [0, 0.1) is 0 Å². The Hall–Kier alpha value is -2.86. The Morgan fingerprint density at radius 2 is 1.78 bits per heavy atom. The molecule has 1 aliphatic rings.